The molecule has 5 rings (SSSR count). The smallest absolute Gasteiger partial charge is 0.305 e. The predicted molar refractivity (Wildman–Crippen MR) is 102 cm³/mol. The van der Waals surface area contributed by atoms with Crippen LogP contribution >= 0.6 is 0 Å². The highest BCUT2D eigenvalue weighted by Gasteiger charge is 2.64. The van der Waals surface area contributed by atoms with Crippen LogP contribution in [0.15, 0.2) is 72.8 Å². The summed E-state index contributed by atoms with van der Waals surface area (Å²) in [5, 5.41) is 0. The summed E-state index contributed by atoms with van der Waals surface area (Å²) in [5.74, 6) is 0.509. The summed E-state index contributed by atoms with van der Waals surface area (Å²) in [4.78, 5) is 30.2. The molecule has 2 aromatic carbocycles. The van der Waals surface area contributed by atoms with Gasteiger partial charge in [0.2, 0.25) is 0 Å². The number of hydrogen-bond donors (Lipinski definition) is 0. The lowest BCUT2D eigenvalue weighted by molar-refractivity contribution is -0.135. The standard InChI is InChI=1S/C23H22N2O2/c26-21-23(14-19-11-12-20(23)13-19)25(16-18-9-5-2-6-10-18)22(27)24(21)15-17-7-3-1-4-8-17/h1-12,19-20H,13-16H2/t19-,20+,23+/m0/s1. The van der Waals surface area contributed by atoms with Crippen molar-refractivity contribution in [3.63, 3.8) is 0 Å². The average Bonchev–Trinajstić information content (AvgIpc) is 3.36. The van der Waals surface area contributed by atoms with Crippen LogP contribution in [0.2, 0.25) is 0 Å². The molecular formula is C23H22N2O2. The minimum atomic E-state index is -0.707. The Balaban J connectivity index is 1.52. The van der Waals surface area contributed by atoms with E-state index in [1.54, 1.807) is 0 Å². The first-order chi connectivity index (χ1) is 13.2. The Kier molecular flexibility index (Phi) is 3.67. The normalized spacial score (nSPS) is 28.7. The fourth-order valence-electron chi connectivity index (χ4n) is 5.02. The van der Waals surface area contributed by atoms with E-state index in [0.29, 0.717) is 19.0 Å². The molecule has 1 spiro atoms. The molecule has 4 heteroatoms. The van der Waals surface area contributed by atoms with Crippen LogP contribution in [0.3, 0.4) is 0 Å². The van der Waals surface area contributed by atoms with Gasteiger partial charge in [-0.3, -0.25) is 9.69 Å². The number of carbonyl (C=O) groups excluding carboxylic acids is 2. The summed E-state index contributed by atoms with van der Waals surface area (Å²) in [7, 11) is 0. The lowest BCUT2D eigenvalue weighted by atomic mass is 9.82. The molecular weight excluding hydrogens is 336 g/mol. The van der Waals surface area contributed by atoms with Crippen LogP contribution in [0.4, 0.5) is 4.79 Å². The van der Waals surface area contributed by atoms with Crippen molar-refractivity contribution in [1.29, 1.82) is 0 Å². The third-order valence-corrected chi connectivity index (χ3v) is 6.29. The molecule has 2 aliphatic carbocycles. The molecule has 3 amide bonds. The highest BCUT2D eigenvalue weighted by molar-refractivity contribution is 6.07. The summed E-state index contributed by atoms with van der Waals surface area (Å²) in [6.45, 7) is 0.820. The van der Waals surface area contributed by atoms with Gasteiger partial charge in [0, 0.05) is 12.5 Å². The fourth-order valence-corrected chi connectivity index (χ4v) is 5.02. The molecule has 1 aliphatic heterocycles. The van der Waals surface area contributed by atoms with Crippen LogP contribution in [0.1, 0.15) is 24.0 Å². The van der Waals surface area contributed by atoms with E-state index in [1.165, 1.54) is 4.90 Å². The van der Waals surface area contributed by atoms with E-state index in [9.17, 15) is 9.59 Å². The zero-order valence-electron chi connectivity index (χ0n) is 15.1. The number of amides is 3. The number of allylic oxidation sites excluding steroid dienone is 1. The lowest BCUT2D eigenvalue weighted by Gasteiger charge is -2.37. The number of benzene rings is 2. The Morgan fingerprint density at radius 1 is 0.852 bits per heavy atom. The lowest BCUT2D eigenvalue weighted by Crippen LogP contribution is -2.52. The zero-order chi connectivity index (χ0) is 18.4. The van der Waals surface area contributed by atoms with Crippen molar-refractivity contribution in [2.24, 2.45) is 11.8 Å². The maximum atomic E-state index is 13.6. The largest absolute Gasteiger partial charge is 0.328 e. The van der Waals surface area contributed by atoms with Crippen molar-refractivity contribution >= 4 is 11.9 Å². The van der Waals surface area contributed by atoms with Crippen LogP contribution in [-0.2, 0) is 17.9 Å². The summed E-state index contributed by atoms with van der Waals surface area (Å²) in [6.07, 6.45) is 6.10. The Morgan fingerprint density at radius 2 is 1.48 bits per heavy atom. The second-order valence-electron chi connectivity index (χ2n) is 7.85. The van der Waals surface area contributed by atoms with E-state index in [0.717, 1.165) is 24.0 Å². The molecule has 27 heavy (non-hydrogen) atoms. The van der Waals surface area contributed by atoms with Gasteiger partial charge in [-0.1, -0.05) is 72.8 Å². The number of imide groups is 1. The van der Waals surface area contributed by atoms with Crippen LogP contribution < -0.4 is 0 Å². The fraction of sp³-hybridized carbons (Fsp3) is 0.304. The van der Waals surface area contributed by atoms with Crippen molar-refractivity contribution in [3.8, 4) is 0 Å². The van der Waals surface area contributed by atoms with Crippen LogP contribution in [0, 0.1) is 11.8 Å². The predicted octanol–water partition coefficient (Wildman–Crippen LogP) is 3.99. The second kappa shape index (κ2) is 6.08. The Labute approximate surface area is 159 Å². The summed E-state index contributed by atoms with van der Waals surface area (Å²) >= 11 is 0. The van der Waals surface area contributed by atoms with E-state index in [4.69, 9.17) is 0 Å². The number of hydrogen-bond acceptors (Lipinski definition) is 2. The number of carbonyl (C=O) groups is 2. The van der Waals surface area contributed by atoms with E-state index in [2.05, 4.69) is 12.2 Å². The molecule has 3 aliphatic rings. The molecule has 0 N–H and O–H groups in total. The molecule has 2 aromatic rings. The third kappa shape index (κ3) is 2.43. The first kappa shape index (κ1) is 16.3. The zero-order valence-corrected chi connectivity index (χ0v) is 15.1. The Bertz CT molecular complexity index is 908. The molecule has 3 atom stereocenters. The maximum Gasteiger partial charge on any atom is 0.328 e. The molecule has 136 valence electrons. The van der Waals surface area contributed by atoms with Gasteiger partial charge in [0.05, 0.1) is 6.54 Å². The van der Waals surface area contributed by atoms with E-state index < -0.39 is 5.54 Å². The average molecular weight is 358 g/mol. The first-order valence-electron chi connectivity index (χ1n) is 9.58. The minimum absolute atomic E-state index is 0.0239. The Morgan fingerprint density at radius 3 is 2.04 bits per heavy atom. The summed E-state index contributed by atoms with van der Waals surface area (Å²) in [5.41, 5.74) is 1.34. The van der Waals surface area contributed by atoms with E-state index in [-0.39, 0.29) is 17.9 Å². The van der Waals surface area contributed by atoms with Crippen molar-refractivity contribution in [2.45, 2.75) is 31.5 Å². The van der Waals surface area contributed by atoms with Gasteiger partial charge in [0.15, 0.2) is 0 Å². The molecule has 1 saturated carbocycles. The van der Waals surface area contributed by atoms with Crippen molar-refractivity contribution in [3.05, 3.63) is 83.9 Å². The third-order valence-electron chi connectivity index (χ3n) is 6.29. The second-order valence-corrected chi connectivity index (χ2v) is 7.85. The first-order valence-corrected chi connectivity index (χ1v) is 9.58. The van der Waals surface area contributed by atoms with E-state index >= 15 is 0 Å². The van der Waals surface area contributed by atoms with Crippen molar-refractivity contribution in [2.75, 3.05) is 0 Å². The molecule has 2 fully saturated rings. The van der Waals surface area contributed by atoms with Gasteiger partial charge in [0.25, 0.3) is 5.91 Å². The van der Waals surface area contributed by atoms with Gasteiger partial charge in [-0.15, -0.1) is 0 Å². The highest BCUT2D eigenvalue weighted by Crippen LogP contribution is 2.53. The summed E-state index contributed by atoms with van der Waals surface area (Å²) in [6, 6.07) is 19.6. The summed E-state index contributed by atoms with van der Waals surface area (Å²) < 4.78 is 0. The molecule has 0 unspecified atom stereocenters. The molecule has 4 nitrogen and oxygen atoms in total. The van der Waals surface area contributed by atoms with Crippen molar-refractivity contribution < 1.29 is 9.59 Å². The number of rotatable bonds is 4. The number of fused-ring (bicyclic) bond motifs is 3. The monoisotopic (exact) mass is 358 g/mol. The van der Waals surface area contributed by atoms with Gasteiger partial charge in [0.1, 0.15) is 5.54 Å². The molecule has 1 saturated heterocycles. The van der Waals surface area contributed by atoms with Gasteiger partial charge >= 0.3 is 6.03 Å². The van der Waals surface area contributed by atoms with Gasteiger partial charge < -0.3 is 4.90 Å². The van der Waals surface area contributed by atoms with Crippen LogP contribution in [-0.4, -0.2) is 27.3 Å². The van der Waals surface area contributed by atoms with Gasteiger partial charge in [-0.25, -0.2) is 4.79 Å². The molecule has 1 heterocycles. The number of nitrogens with zero attached hydrogens (tertiary/aromatic N) is 2. The highest BCUT2D eigenvalue weighted by atomic mass is 16.2. The quantitative estimate of drug-likeness (QED) is 0.613. The Hall–Kier alpha value is -2.88. The van der Waals surface area contributed by atoms with Crippen molar-refractivity contribution in [1.82, 2.24) is 9.80 Å². The number of urea groups is 1. The molecule has 2 bridgehead atoms. The van der Waals surface area contributed by atoms with Gasteiger partial charge in [-0.05, 0) is 29.9 Å². The van der Waals surface area contributed by atoms with E-state index in [1.807, 2.05) is 65.6 Å². The minimum Gasteiger partial charge on any atom is -0.305 e. The molecule has 0 radical (unpaired) electrons. The molecule has 0 aromatic heterocycles. The SMILES string of the molecule is O=C1N(Cc2ccccc2)C(=O)[C@]2(C[C@H]3C=C[C@@H]2C3)N1Cc1ccccc1. The van der Waals surface area contributed by atoms with Gasteiger partial charge in [-0.2, -0.15) is 0 Å². The van der Waals surface area contributed by atoms with Crippen LogP contribution in [0.25, 0.3) is 0 Å². The topological polar surface area (TPSA) is 40.6 Å². The maximum absolute atomic E-state index is 13.6. The van der Waals surface area contributed by atoms with Crippen LogP contribution in [0.5, 0.6) is 0 Å².